The lowest BCUT2D eigenvalue weighted by Crippen LogP contribution is -2.13. The summed E-state index contributed by atoms with van der Waals surface area (Å²) in [6.07, 6.45) is 1.78. The highest BCUT2D eigenvalue weighted by atomic mass is 32.2. The summed E-state index contributed by atoms with van der Waals surface area (Å²) in [4.78, 5) is 21.2. The van der Waals surface area contributed by atoms with Gasteiger partial charge in [0, 0.05) is 17.6 Å². The Bertz CT molecular complexity index is 1100. The number of nitrogens with zero attached hydrogens (tertiary/aromatic N) is 2. The molecule has 7 heteroatoms. The third-order valence-electron chi connectivity index (χ3n) is 3.81. The van der Waals surface area contributed by atoms with E-state index in [0.717, 1.165) is 26.0 Å². The molecule has 2 aromatic carbocycles. The highest BCUT2D eigenvalue weighted by Crippen LogP contribution is 2.32. The number of thioether (sulfide) groups is 1. The van der Waals surface area contributed by atoms with Crippen molar-refractivity contribution in [3.63, 3.8) is 0 Å². The Morgan fingerprint density at radius 1 is 1.11 bits per heavy atom. The SMILES string of the molecule is O=C(Nc1ccc2nc(SCc3ccccn3)sc2c1)c1ccccc1F. The smallest absolute Gasteiger partial charge is 0.258 e. The summed E-state index contributed by atoms with van der Waals surface area (Å²) < 4.78 is 15.6. The Kier molecular flexibility index (Phi) is 5.13. The molecular weight excluding hydrogens is 381 g/mol. The van der Waals surface area contributed by atoms with Gasteiger partial charge in [-0.05, 0) is 42.5 Å². The molecule has 2 aromatic heterocycles. The summed E-state index contributed by atoms with van der Waals surface area (Å²) in [5.74, 6) is -0.263. The summed E-state index contributed by atoms with van der Waals surface area (Å²) >= 11 is 3.18. The van der Waals surface area contributed by atoms with Gasteiger partial charge in [0.05, 0.1) is 21.5 Å². The topological polar surface area (TPSA) is 54.9 Å². The fourth-order valence-corrected chi connectivity index (χ4v) is 4.53. The van der Waals surface area contributed by atoms with Crippen LogP contribution in [-0.2, 0) is 5.75 Å². The first-order valence-corrected chi connectivity index (χ1v) is 9.98. The molecule has 4 aromatic rings. The quantitative estimate of drug-likeness (QED) is 0.461. The minimum atomic E-state index is -0.540. The molecule has 0 aliphatic rings. The van der Waals surface area contributed by atoms with E-state index >= 15 is 0 Å². The fraction of sp³-hybridized carbons (Fsp3) is 0.0500. The first-order valence-electron chi connectivity index (χ1n) is 8.18. The molecule has 0 saturated carbocycles. The zero-order valence-corrected chi connectivity index (χ0v) is 15.7. The van der Waals surface area contributed by atoms with Crippen molar-refractivity contribution in [2.45, 2.75) is 10.1 Å². The van der Waals surface area contributed by atoms with Gasteiger partial charge in [0.2, 0.25) is 0 Å². The average Bonchev–Trinajstić information content (AvgIpc) is 3.10. The number of nitrogens with one attached hydrogen (secondary N) is 1. The van der Waals surface area contributed by atoms with E-state index in [1.165, 1.54) is 12.1 Å². The minimum Gasteiger partial charge on any atom is -0.322 e. The number of carbonyl (C=O) groups excluding carboxylic acids is 1. The molecule has 0 radical (unpaired) electrons. The van der Waals surface area contributed by atoms with Gasteiger partial charge in [-0.15, -0.1) is 11.3 Å². The number of anilines is 1. The monoisotopic (exact) mass is 395 g/mol. The highest BCUT2D eigenvalue weighted by Gasteiger charge is 2.12. The van der Waals surface area contributed by atoms with Gasteiger partial charge in [-0.3, -0.25) is 9.78 Å². The Balaban J connectivity index is 1.49. The summed E-state index contributed by atoms with van der Waals surface area (Å²) in [6.45, 7) is 0. The molecule has 0 spiro atoms. The van der Waals surface area contributed by atoms with Gasteiger partial charge < -0.3 is 5.32 Å². The molecule has 0 atom stereocenters. The molecule has 0 fully saturated rings. The summed E-state index contributed by atoms with van der Waals surface area (Å²) in [7, 11) is 0. The Morgan fingerprint density at radius 3 is 2.78 bits per heavy atom. The van der Waals surface area contributed by atoms with Crippen LogP contribution in [0.4, 0.5) is 10.1 Å². The maximum Gasteiger partial charge on any atom is 0.258 e. The molecule has 2 heterocycles. The third kappa shape index (κ3) is 4.15. The molecule has 0 aliphatic heterocycles. The van der Waals surface area contributed by atoms with Crippen molar-refractivity contribution < 1.29 is 9.18 Å². The number of aromatic nitrogens is 2. The zero-order valence-electron chi connectivity index (χ0n) is 14.1. The molecule has 27 heavy (non-hydrogen) atoms. The second-order valence-electron chi connectivity index (χ2n) is 5.71. The number of hydrogen-bond donors (Lipinski definition) is 1. The second kappa shape index (κ2) is 7.85. The van der Waals surface area contributed by atoms with Gasteiger partial charge in [-0.2, -0.15) is 0 Å². The van der Waals surface area contributed by atoms with E-state index < -0.39 is 11.7 Å². The molecule has 134 valence electrons. The second-order valence-corrected chi connectivity index (χ2v) is 7.96. The molecule has 4 rings (SSSR count). The lowest BCUT2D eigenvalue weighted by atomic mass is 10.2. The van der Waals surface area contributed by atoms with Crippen LogP contribution in [-0.4, -0.2) is 15.9 Å². The predicted molar refractivity (Wildman–Crippen MR) is 108 cm³/mol. The number of fused-ring (bicyclic) bond motifs is 1. The number of benzene rings is 2. The van der Waals surface area contributed by atoms with E-state index in [1.807, 2.05) is 30.3 Å². The summed E-state index contributed by atoms with van der Waals surface area (Å²) in [5, 5.41) is 2.74. The molecule has 0 bridgehead atoms. The lowest BCUT2D eigenvalue weighted by Gasteiger charge is -2.05. The normalized spacial score (nSPS) is 10.9. The van der Waals surface area contributed by atoms with Crippen molar-refractivity contribution in [2.75, 3.05) is 5.32 Å². The molecule has 4 nitrogen and oxygen atoms in total. The molecule has 1 N–H and O–H groups in total. The van der Waals surface area contributed by atoms with E-state index in [1.54, 1.807) is 47.5 Å². The van der Waals surface area contributed by atoms with Gasteiger partial charge >= 0.3 is 0 Å². The van der Waals surface area contributed by atoms with Gasteiger partial charge in [-0.25, -0.2) is 9.37 Å². The van der Waals surface area contributed by atoms with Gasteiger partial charge in [0.1, 0.15) is 5.82 Å². The molecule has 0 unspecified atom stereocenters. The summed E-state index contributed by atoms with van der Waals surface area (Å²) in [6, 6.07) is 17.2. The van der Waals surface area contributed by atoms with Crippen LogP contribution in [0.5, 0.6) is 0 Å². The predicted octanol–water partition coefficient (Wildman–Crippen LogP) is 5.38. The van der Waals surface area contributed by atoms with Crippen molar-refractivity contribution in [3.05, 3.63) is 83.9 Å². The van der Waals surface area contributed by atoms with E-state index in [4.69, 9.17) is 0 Å². The Morgan fingerprint density at radius 2 is 1.96 bits per heavy atom. The number of rotatable bonds is 5. The fourth-order valence-electron chi connectivity index (χ4n) is 2.51. The van der Waals surface area contributed by atoms with Crippen LogP contribution in [0, 0.1) is 5.82 Å². The molecule has 0 saturated heterocycles. The van der Waals surface area contributed by atoms with Crippen LogP contribution in [0.3, 0.4) is 0 Å². The average molecular weight is 395 g/mol. The molecule has 0 aliphatic carbocycles. The maximum atomic E-state index is 13.7. The first kappa shape index (κ1) is 17.6. The van der Waals surface area contributed by atoms with Crippen LogP contribution in [0.2, 0.25) is 0 Å². The van der Waals surface area contributed by atoms with Gasteiger partial charge in [-0.1, -0.05) is 30.0 Å². The van der Waals surface area contributed by atoms with E-state index in [-0.39, 0.29) is 5.56 Å². The molecule has 1 amide bonds. The van der Waals surface area contributed by atoms with Gasteiger partial charge in [0.25, 0.3) is 5.91 Å². The Hall–Kier alpha value is -2.77. The largest absolute Gasteiger partial charge is 0.322 e. The number of hydrogen-bond acceptors (Lipinski definition) is 5. The number of halogens is 1. The lowest BCUT2D eigenvalue weighted by molar-refractivity contribution is 0.102. The van der Waals surface area contributed by atoms with Crippen molar-refractivity contribution in [1.29, 1.82) is 0 Å². The van der Waals surface area contributed by atoms with Crippen LogP contribution in [0.25, 0.3) is 10.2 Å². The van der Waals surface area contributed by atoms with E-state index in [2.05, 4.69) is 15.3 Å². The minimum absolute atomic E-state index is 0.0218. The number of pyridine rings is 1. The van der Waals surface area contributed by atoms with Crippen molar-refractivity contribution in [3.8, 4) is 0 Å². The van der Waals surface area contributed by atoms with Crippen molar-refractivity contribution in [2.24, 2.45) is 0 Å². The maximum absolute atomic E-state index is 13.7. The summed E-state index contributed by atoms with van der Waals surface area (Å²) in [5.41, 5.74) is 2.50. The third-order valence-corrected chi connectivity index (χ3v) is 6.01. The van der Waals surface area contributed by atoms with E-state index in [9.17, 15) is 9.18 Å². The molecular formula is C20H14FN3OS2. The first-order chi connectivity index (χ1) is 13.2. The van der Waals surface area contributed by atoms with Crippen molar-refractivity contribution >= 4 is 44.9 Å². The van der Waals surface area contributed by atoms with Crippen LogP contribution >= 0.6 is 23.1 Å². The van der Waals surface area contributed by atoms with Crippen LogP contribution < -0.4 is 5.32 Å². The van der Waals surface area contributed by atoms with Gasteiger partial charge in [0.15, 0.2) is 4.34 Å². The highest BCUT2D eigenvalue weighted by molar-refractivity contribution is 8.00. The standard InChI is InChI=1S/C20H14FN3OS2/c21-16-7-2-1-6-15(16)19(25)23-13-8-9-17-18(11-13)27-20(24-17)26-12-14-5-3-4-10-22-14/h1-11H,12H2,(H,23,25). The van der Waals surface area contributed by atoms with Crippen LogP contribution in [0.15, 0.2) is 71.2 Å². The van der Waals surface area contributed by atoms with E-state index in [0.29, 0.717) is 5.69 Å². The van der Waals surface area contributed by atoms with Crippen molar-refractivity contribution in [1.82, 2.24) is 9.97 Å². The number of thiazole rings is 1. The number of carbonyl (C=O) groups is 1. The number of amides is 1. The zero-order chi connectivity index (χ0) is 18.6. The Labute approximate surface area is 163 Å². The van der Waals surface area contributed by atoms with Crippen LogP contribution in [0.1, 0.15) is 16.1 Å².